The summed E-state index contributed by atoms with van der Waals surface area (Å²) in [6, 6.07) is 17.8. The van der Waals surface area contributed by atoms with Gasteiger partial charge in [-0.2, -0.15) is 0 Å². The first kappa shape index (κ1) is 22.6. The molecule has 35 heavy (non-hydrogen) atoms. The summed E-state index contributed by atoms with van der Waals surface area (Å²) in [7, 11) is 0. The van der Waals surface area contributed by atoms with Crippen LogP contribution in [0.5, 0.6) is 11.6 Å². The fourth-order valence-electron chi connectivity index (χ4n) is 4.34. The molecule has 5 rings (SSSR count). The van der Waals surface area contributed by atoms with E-state index < -0.39 is 0 Å². The number of rotatable bonds is 6. The van der Waals surface area contributed by atoms with Crippen LogP contribution in [-0.2, 0) is 11.3 Å². The molecule has 0 saturated carbocycles. The topological polar surface area (TPSA) is 83.1 Å². The number of nitrogens with one attached hydrogen (secondary N) is 2. The monoisotopic (exact) mass is 465 g/mol. The van der Waals surface area contributed by atoms with Crippen LogP contribution in [0.1, 0.15) is 31.7 Å². The predicted molar refractivity (Wildman–Crippen MR) is 137 cm³/mol. The Morgan fingerprint density at radius 3 is 2.71 bits per heavy atom. The number of amides is 1. The van der Waals surface area contributed by atoms with Gasteiger partial charge in [0.15, 0.2) is 0 Å². The van der Waals surface area contributed by atoms with Crippen molar-refractivity contribution in [2.75, 3.05) is 18.4 Å². The summed E-state index contributed by atoms with van der Waals surface area (Å²) in [5.41, 5.74) is 4.66. The number of carbonyl (C=O) groups is 1. The third-order valence-corrected chi connectivity index (χ3v) is 6.05. The molecule has 1 saturated heterocycles. The number of piperidine rings is 1. The van der Waals surface area contributed by atoms with Gasteiger partial charge in [0.05, 0.1) is 5.39 Å². The molecule has 3 heterocycles. The lowest BCUT2D eigenvalue weighted by Crippen LogP contribution is -2.28. The van der Waals surface area contributed by atoms with Crippen molar-refractivity contribution in [2.24, 2.45) is 0 Å². The van der Waals surface area contributed by atoms with Crippen LogP contribution in [0.2, 0.25) is 0 Å². The van der Waals surface area contributed by atoms with Crippen molar-refractivity contribution in [2.45, 2.75) is 32.7 Å². The van der Waals surface area contributed by atoms with Crippen molar-refractivity contribution in [1.29, 1.82) is 0 Å². The molecule has 0 radical (unpaired) electrons. The number of likely N-dealkylation sites (tertiary alicyclic amines) is 1. The molecule has 0 aliphatic carbocycles. The van der Waals surface area contributed by atoms with E-state index in [9.17, 15) is 4.79 Å². The molecule has 2 aromatic carbocycles. The maximum Gasteiger partial charge on any atom is 0.300 e. The Hall–Kier alpha value is -4.15. The molecular weight excluding hydrogens is 438 g/mol. The van der Waals surface area contributed by atoms with E-state index in [2.05, 4.69) is 61.3 Å². The van der Waals surface area contributed by atoms with Crippen molar-refractivity contribution in [3.63, 3.8) is 0 Å². The standard InChI is InChI=1S/C28H27N5O2/c1-2-7-26(34)31-22-8-6-9-23(16-22)35-28-24-17-25(32-27(24)29-19-30-28)21-12-10-20(11-13-21)18-33-14-4-3-5-15-33/h6,8-13,16-17,19H,3-5,14-15,18H2,1H3,(H,31,34)(H,29,30,32). The van der Waals surface area contributed by atoms with E-state index in [0.29, 0.717) is 23.0 Å². The number of ether oxygens (including phenoxy) is 1. The molecule has 4 aromatic rings. The molecule has 2 aromatic heterocycles. The van der Waals surface area contributed by atoms with Crippen molar-refractivity contribution >= 4 is 22.6 Å². The number of aromatic nitrogens is 3. The van der Waals surface area contributed by atoms with Gasteiger partial charge in [0.1, 0.15) is 17.7 Å². The summed E-state index contributed by atoms with van der Waals surface area (Å²) >= 11 is 0. The van der Waals surface area contributed by atoms with Crippen molar-refractivity contribution in [3.8, 4) is 34.7 Å². The van der Waals surface area contributed by atoms with Crippen molar-refractivity contribution in [1.82, 2.24) is 19.9 Å². The minimum absolute atomic E-state index is 0.369. The zero-order valence-electron chi connectivity index (χ0n) is 19.7. The Morgan fingerprint density at radius 2 is 1.91 bits per heavy atom. The van der Waals surface area contributed by atoms with E-state index >= 15 is 0 Å². The average molecular weight is 466 g/mol. The molecule has 0 bridgehead atoms. The Morgan fingerprint density at radius 1 is 1.09 bits per heavy atom. The van der Waals surface area contributed by atoms with E-state index in [4.69, 9.17) is 4.74 Å². The van der Waals surface area contributed by atoms with Gasteiger partial charge in [-0.15, -0.1) is 0 Å². The highest BCUT2D eigenvalue weighted by molar-refractivity contribution is 6.04. The van der Waals surface area contributed by atoms with Gasteiger partial charge in [0, 0.05) is 24.0 Å². The zero-order valence-corrected chi connectivity index (χ0v) is 19.7. The number of aromatic amines is 1. The van der Waals surface area contributed by atoms with Crippen LogP contribution in [-0.4, -0.2) is 38.8 Å². The Kier molecular flexibility index (Phi) is 6.73. The fourth-order valence-corrected chi connectivity index (χ4v) is 4.34. The molecule has 1 aliphatic heterocycles. The molecule has 7 heteroatoms. The van der Waals surface area contributed by atoms with Gasteiger partial charge in [0.2, 0.25) is 5.88 Å². The second-order valence-electron chi connectivity index (χ2n) is 8.62. The molecule has 1 amide bonds. The maximum absolute atomic E-state index is 11.8. The summed E-state index contributed by atoms with van der Waals surface area (Å²) < 4.78 is 6.06. The van der Waals surface area contributed by atoms with E-state index in [0.717, 1.165) is 23.2 Å². The van der Waals surface area contributed by atoms with E-state index in [1.807, 2.05) is 12.1 Å². The molecule has 0 unspecified atom stereocenters. The van der Waals surface area contributed by atoms with Gasteiger partial charge in [-0.25, -0.2) is 9.97 Å². The van der Waals surface area contributed by atoms with Crippen molar-refractivity contribution < 1.29 is 9.53 Å². The first-order valence-electron chi connectivity index (χ1n) is 11.8. The second kappa shape index (κ2) is 10.4. The number of benzene rings is 2. The van der Waals surface area contributed by atoms with E-state index in [-0.39, 0.29) is 5.91 Å². The number of hydrogen-bond acceptors (Lipinski definition) is 5. The maximum atomic E-state index is 11.8. The van der Waals surface area contributed by atoms with Crippen molar-refractivity contribution in [3.05, 3.63) is 66.5 Å². The summed E-state index contributed by atoms with van der Waals surface area (Å²) in [5.74, 6) is 5.67. The minimum Gasteiger partial charge on any atom is -0.438 e. The third-order valence-electron chi connectivity index (χ3n) is 6.05. The molecule has 0 atom stereocenters. The van der Waals surface area contributed by atoms with Gasteiger partial charge in [-0.1, -0.05) is 42.7 Å². The van der Waals surface area contributed by atoms with Crippen LogP contribution in [0.15, 0.2) is 60.9 Å². The average Bonchev–Trinajstić information content (AvgIpc) is 3.31. The Labute approximate surface area is 204 Å². The SMILES string of the molecule is CC#CC(=O)Nc1cccc(Oc2ncnc3[nH]c(-c4ccc(CN5CCCCC5)cc4)cc23)c1. The minimum atomic E-state index is -0.369. The first-order valence-corrected chi connectivity index (χ1v) is 11.8. The third kappa shape index (κ3) is 5.51. The molecular formula is C28H27N5O2. The highest BCUT2D eigenvalue weighted by Crippen LogP contribution is 2.31. The number of anilines is 1. The number of carbonyl (C=O) groups excluding carboxylic acids is 1. The highest BCUT2D eigenvalue weighted by Gasteiger charge is 2.13. The van der Waals surface area contributed by atoms with Gasteiger partial charge >= 0.3 is 0 Å². The largest absolute Gasteiger partial charge is 0.438 e. The molecule has 7 nitrogen and oxygen atoms in total. The highest BCUT2D eigenvalue weighted by atomic mass is 16.5. The van der Waals surface area contributed by atoms with Crippen LogP contribution in [0.3, 0.4) is 0 Å². The van der Waals surface area contributed by atoms with E-state index in [1.165, 1.54) is 44.2 Å². The number of hydrogen-bond donors (Lipinski definition) is 2. The molecule has 2 N–H and O–H groups in total. The molecule has 1 fully saturated rings. The number of fused-ring (bicyclic) bond motifs is 1. The van der Waals surface area contributed by atoms with Gasteiger partial charge in [-0.3, -0.25) is 9.69 Å². The molecule has 1 aliphatic rings. The summed E-state index contributed by atoms with van der Waals surface area (Å²) in [6.07, 6.45) is 5.42. The van der Waals surface area contributed by atoms with Crippen LogP contribution < -0.4 is 10.1 Å². The normalized spacial score (nSPS) is 13.7. The molecule has 176 valence electrons. The quantitative estimate of drug-likeness (QED) is 0.374. The number of nitrogens with zero attached hydrogens (tertiary/aromatic N) is 3. The Bertz CT molecular complexity index is 1390. The number of H-pyrrole nitrogens is 1. The fraction of sp³-hybridized carbons (Fsp3) is 0.250. The van der Waals surface area contributed by atoms with E-state index in [1.54, 1.807) is 25.1 Å². The smallest absolute Gasteiger partial charge is 0.300 e. The predicted octanol–water partition coefficient (Wildman–Crippen LogP) is 5.36. The van der Waals surface area contributed by atoms with Crippen LogP contribution in [0.4, 0.5) is 5.69 Å². The summed E-state index contributed by atoms with van der Waals surface area (Å²) in [5, 5.41) is 3.51. The summed E-state index contributed by atoms with van der Waals surface area (Å²) in [6.45, 7) is 5.00. The van der Waals surface area contributed by atoms with Gasteiger partial charge in [-0.05, 0) is 68.1 Å². The Balaban J connectivity index is 1.34. The lowest BCUT2D eigenvalue weighted by atomic mass is 10.1. The lowest BCUT2D eigenvalue weighted by molar-refractivity contribution is -0.111. The van der Waals surface area contributed by atoms with Crippen LogP contribution >= 0.6 is 0 Å². The van der Waals surface area contributed by atoms with Gasteiger partial charge < -0.3 is 15.0 Å². The van der Waals surface area contributed by atoms with Crippen LogP contribution in [0, 0.1) is 11.8 Å². The van der Waals surface area contributed by atoms with Crippen LogP contribution in [0.25, 0.3) is 22.3 Å². The molecule has 0 spiro atoms. The first-order chi connectivity index (χ1) is 17.2. The lowest BCUT2D eigenvalue weighted by Gasteiger charge is -2.26. The zero-order chi connectivity index (χ0) is 24.0. The summed E-state index contributed by atoms with van der Waals surface area (Å²) in [4.78, 5) is 26.4. The van der Waals surface area contributed by atoms with Gasteiger partial charge in [0.25, 0.3) is 5.91 Å². The second-order valence-corrected chi connectivity index (χ2v) is 8.62.